The minimum absolute atomic E-state index is 0.274. The third-order valence-corrected chi connectivity index (χ3v) is 3.81. The van der Waals surface area contributed by atoms with Gasteiger partial charge in [-0.1, -0.05) is 12.1 Å². The van der Waals surface area contributed by atoms with E-state index < -0.39 is 5.41 Å². The molecule has 1 aromatic carbocycles. The molecule has 0 atom stereocenters. The first-order valence-electron chi connectivity index (χ1n) is 6.42. The van der Waals surface area contributed by atoms with E-state index in [9.17, 15) is 4.79 Å². The standard InChI is InChI=1S/C16H16BrNO3/c1-16(2,15(19)20-3)11-6-8-12(9-7-11)21-14-13(17)5-4-10-18-14/h4-10H,1-3H3. The summed E-state index contributed by atoms with van der Waals surface area (Å²) in [6, 6.07) is 11.0. The van der Waals surface area contributed by atoms with Gasteiger partial charge in [-0.15, -0.1) is 0 Å². The van der Waals surface area contributed by atoms with Gasteiger partial charge in [-0.3, -0.25) is 4.79 Å². The van der Waals surface area contributed by atoms with E-state index in [-0.39, 0.29) is 5.97 Å². The molecule has 0 N–H and O–H groups in total. The van der Waals surface area contributed by atoms with E-state index in [4.69, 9.17) is 9.47 Å². The average molecular weight is 350 g/mol. The van der Waals surface area contributed by atoms with Crippen LogP contribution in [0.1, 0.15) is 19.4 Å². The Hall–Kier alpha value is -1.88. The minimum Gasteiger partial charge on any atom is -0.468 e. The van der Waals surface area contributed by atoms with E-state index in [2.05, 4.69) is 20.9 Å². The summed E-state index contributed by atoms with van der Waals surface area (Å²) in [6.45, 7) is 3.65. The maximum Gasteiger partial charge on any atom is 0.315 e. The Labute approximate surface area is 132 Å². The van der Waals surface area contributed by atoms with Crippen LogP contribution in [-0.2, 0) is 14.9 Å². The van der Waals surface area contributed by atoms with Crippen molar-refractivity contribution in [3.63, 3.8) is 0 Å². The zero-order valence-corrected chi connectivity index (χ0v) is 13.7. The monoisotopic (exact) mass is 349 g/mol. The summed E-state index contributed by atoms with van der Waals surface area (Å²) in [6.07, 6.45) is 1.66. The van der Waals surface area contributed by atoms with Crippen LogP contribution in [-0.4, -0.2) is 18.1 Å². The van der Waals surface area contributed by atoms with Gasteiger partial charge in [0, 0.05) is 6.20 Å². The summed E-state index contributed by atoms with van der Waals surface area (Å²) in [4.78, 5) is 15.9. The topological polar surface area (TPSA) is 48.4 Å². The second-order valence-corrected chi connectivity index (χ2v) is 5.89. The number of hydrogen-bond donors (Lipinski definition) is 0. The molecule has 0 unspecified atom stereocenters. The van der Waals surface area contributed by atoms with Crippen LogP contribution >= 0.6 is 15.9 Å². The van der Waals surface area contributed by atoms with Crippen molar-refractivity contribution in [2.24, 2.45) is 0 Å². The Bertz CT molecular complexity index is 638. The lowest BCUT2D eigenvalue weighted by atomic mass is 9.85. The van der Waals surface area contributed by atoms with Crippen LogP contribution in [0.4, 0.5) is 0 Å². The predicted octanol–water partition coefficient (Wildman–Crippen LogP) is 4.09. The highest BCUT2D eigenvalue weighted by atomic mass is 79.9. The van der Waals surface area contributed by atoms with Crippen LogP contribution in [0.2, 0.25) is 0 Å². The molecule has 0 saturated carbocycles. The lowest BCUT2D eigenvalue weighted by Crippen LogP contribution is -2.30. The van der Waals surface area contributed by atoms with Gasteiger partial charge in [0.05, 0.1) is 17.0 Å². The molecule has 2 rings (SSSR count). The van der Waals surface area contributed by atoms with Crippen molar-refractivity contribution in [2.75, 3.05) is 7.11 Å². The predicted molar refractivity (Wildman–Crippen MR) is 83.5 cm³/mol. The van der Waals surface area contributed by atoms with Crippen molar-refractivity contribution in [3.05, 3.63) is 52.6 Å². The Morgan fingerprint density at radius 3 is 2.43 bits per heavy atom. The van der Waals surface area contributed by atoms with Gasteiger partial charge < -0.3 is 9.47 Å². The van der Waals surface area contributed by atoms with Crippen molar-refractivity contribution in [1.82, 2.24) is 4.98 Å². The number of aromatic nitrogens is 1. The van der Waals surface area contributed by atoms with Crippen molar-refractivity contribution < 1.29 is 14.3 Å². The van der Waals surface area contributed by atoms with Gasteiger partial charge in [0.15, 0.2) is 0 Å². The molecule has 4 nitrogen and oxygen atoms in total. The van der Waals surface area contributed by atoms with Crippen molar-refractivity contribution in [2.45, 2.75) is 19.3 Å². The second-order valence-electron chi connectivity index (χ2n) is 5.03. The number of rotatable bonds is 4. The van der Waals surface area contributed by atoms with Gasteiger partial charge in [-0.25, -0.2) is 4.98 Å². The molecule has 0 aliphatic heterocycles. The number of carbonyl (C=O) groups is 1. The van der Waals surface area contributed by atoms with Gasteiger partial charge in [-0.2, -0.15) is 0 Å². The third kappa shape index (κ3) is 3.42. The lowest BCUT2D eigenvalue weighted by Gasteiger charge is -2.22. The van der Waals surface area contributed by atoms with Gasteiger partial charge in [0.2, 0.25) is 5.88 Å². The van der Waals surface area contributed by atoms with E-state index >= 15 is 0 Å². The number of benzene rings is 1. The summed E-state index contributed by atoms with van der Waals surface area (Å²) < 4.78 is 11.3. The fourth-order valence-electron chi connectivity index (χ4n) is 1.87. The van der Waals surface area contributed by atoms with E-state index in [1.54, 1.807) is 18.3 Å². The second kappa shape index (κ2) is 6.26. The molecule has 110 valence electrons. The number of carbonyl (C=O) groups excluding carboxylic acids is 1. The molecule has 0 radical (unpaired) electrons. The van der Waals surface area contributed by atoms with Crippen LogP contribution in [0.3, 0.4) is 0 Å². The van der Waals surface area contributed by atoms with Crippen LogP contribution in [0, 0.1) is 0 Å². The fraction of sp³-hybridized carbons (Fsp3) is 0.250. The molecule has 0 amide bonds. The molecule has 0 aliphatic carbocycles. The maximum absolute atomic E-state index is 11.8. The smallest absolute Gasteiger partial charge is 0.315 e. The zero-order chi connectivity index (χ0) is 15.5. The molecule has 0 spiro atoms. The Balaban J connectivity index is 2.20. The van der Waals surface area contributed by atoms with Gasteiger partial charge in [0.25, 0.3) is 0 Å². The molecule has 1 heterocycles. The Kier molecular flexibility index (Phi) is 4.63. The van der Waals surface area contributed by atoms with E-state index in [1.165, 1.54) is 7.11 Å². The first kappa shape index (κ1) is 15.5. The highest BCUT2D eigenvalue weighted by Gasteiger charge is 2.30. The number of hydrogen-bond acceptors (Lipinski definition) is 4. The van der Waals surface area contributed by atoms with Crippen molar-refractivity contribution >= 4 is 21.9 Å². The highest BCUT2D eigenvalue weighted by Crippen LogP contribution is 2.30. The fourth-order valence-corrected chi connectivity index (χ4v) is 2.21. The van der Waals surface area contributed by atoms with E-state index in [0.717, 1.165) is 10.0 Å². The van der Waals surface area contributed by atoms with E-state index in [0.29, 0.717) is 11.6 Å². The Morgan fingerprint density at radius 2 is 1.86 bits per heavy atom. The summed E-state index contributed by atoms with van der Waals surface area (Å²) in [7, 11) is 1.39. The molecular formula is C16H16BrNO3. The first-order valence-corrected chi connectivity index (χ1v) is 7.22. The van der Waals surface area contributed by atoms with Crippen LogP contribution < -0.4 is 4.74 Å². The van der Waals surface area contributed by atoms with Gasteiger partial charge >= 0.3 is 5.97 Å². The lowest BCUT2D eigenvalue weighted by molar-refractivity contribution is -0.146. The number of methoxy groups -OCH3 is 1. The number of halogens is 1. The Morgan fingerprint density at radius 1 is 1.19 bits per heavy atom. The van der Waals surface area contributed by atoms with Gasteiger partial charge in [0.1, 0.15) is 5.75 Å². The highest BCUT2D eigenvalue weighted by molar-refractivity contribution is 9.10. The molecule has 0 saturated heterocycles. The van der Waals surface area contributed by atoms with Gasteiger partial charge in [-0.05, 0) is 59.6 Å². The molecule has 5 heteroatoms. The molecule has 2 aromatic rings. The molecule has 0 aliphatic rings. The minimum atomic E-state index is -0.696. The molecule has 0 fully saturated rings. The van der Waals surface area contributed by atoms with Crippen molar-refractivity contribution in [3.8, 4) is 11.6 Å². The third-order valence-electron chi connectivity index (χ3n) is 3.21. The summed E-state index contributed by atoms with van der Waals surface area (Å²) in [5.74, 6) is 0.875. The quantitative estimate of drug-likeness (QED) is 0.780. The SMILES string of the molecule is COC(=O)C(C)(C)c1ccc(Oc2ncccc2Br)cc1. The number of nitrogens with zero attached hydrogens (tertiary/aromatic N) is 1. The molecule has 21 heavy (non-hydrogen) atoms. The number of ether oxygens (including phenoxy) is 2. The maximum atomic E-state index is 11.8. The van der Waals surface area contributed by atoms with Crippen LogP contribution in [0.25, 0.3) is 0 Å². The number of esters is 1. The van der Waals surface area contributed by atoms with Crippen LogP contribution in [0.5, 0.6) is 11.6 Å². The van der Waals surface area contributed by atoms with Crippen LogP contribution in [0.15, 0.2) is 47.1 Å². The molecule has 0 bridgehead atoms. The largest absolute Gasteiger partial charge is 0.468 e. The molecule has 1 aromatic heterocycles. The van der Waals surface area contributed by atoms with E-state index in [1.807, 2.05) is 38.1 Å². The first-order chi connectivity index (χ1) is 9.95. The molecular weight excluding hydrogens is 334 g/mol. The number of pyridine rings is 1. The average Bonchev–Trinajstić information content (AvgIpc) is 2.49. The summed E-state index contributed by atoms with van der Waals surface area (Å²) in [5, 5.41) is 0. The summed E-state index contributed by atoms with van der Waals surface area (Å²) in [5.41, 5.74) is 0.167. The zero-order valence-electron chi connectivity index (χ0n) is 12.1. The normalized spacial score (nSPS) is 11.0. The summed E-state index contributed by atoms with van der Waals surface area (Å²) >= 11 is 3.38. The van der Waals surface area contributed by atoms with Crippen molar-refractivity contribution in [1.29, 1.82) is 0 Å².